The number of fused-ring (bicyclic) bond motifs is 1. The molecule has 2 aromatic heterocycles. The standard InChI is InChI=1S/C22H21F3N4O3S/c1-14-20(33(31,32)29-10-8-16(13-29)22(23,24)25)11-19(28(14)2)21(30)27-12-15-5-3-7-18-17(15)6-4-9-26-18/h3-9,11H,10,12-13H2,1-2H3,(H,27,30). The van der Waals surface area contributed by atoms with Crippen LogP contribution in [-0.2, 0) is 23.6 Å². The zero-order valence-electron chi connectivity index (χ0n) is 17.8. The van der Waals surface area contributed by atoms with E-state index in [9.17, 15) is 26.4 Å². The molecule has 1 aliphatic heterocycles. The number of amides is 1. The third kappa shape index (κ3) is 4.25. The van der Waals surface area contributed by atoms with Gasteiger partial charge in [-0.3, -0.25) is 9.78 Å². The lowest BCUT2D eigenvalue weighted by Gasteiger charge is -2.17. The molecule has 1 aliphatic rings. The van der Waals surface area contributed by atoms with Crippen LogP contribution >= 0.6 is 0 Å². The van der Waals surface area contributed by atoms with Crippen molar-refractivity contribution in [3.8, 4) is 0 Å². The number of pyridine rings is 1. The average Bonchev–Trinajstić information content (AvgIpc) is 3.39. The number of nitrogens with one attached hydrogen (secondary N) is 1. The number of carbonyl (C=O) groups excluding carboxylic acids is 1. The van der Waals surface area contributed by atoms with E-state index >= 15 is 0 Å². The van der Waals surface area contributed by atoms with Crippen LogP contribution in [0.3, 0.4) is 0 Å². The summed E-state index contributed by atoms with van der Waals surface area (Å²) < 4.78 is 67.0. The highest BCUT2D eigenvalue weighted by Gasteiger charge is 2.41. The molecule has 3 aromatic rings. The molecule has 0 radical (unpaired) electrons. The first-order valence-corrected chi connectivity index (χ1v) is 11.5. The highest BCUT2D eigenvalue weighted by Crippen LogP contribution is 2.33. The monoisotopic (exact) mass is 478 g/mol. The second-order valence-electron chi connectivity index (χ2n) is 7.73. The summed E-state index contributed by atoms with van der Waals surface area (Å²) in [6, 6.07) is 10.4. The number of carbonyl (C=O) groups is 1. The molecule has 0 spiro atoms. The molecule has 7 nitrogen and oxygen atoms in total. The largest absolute Gasteiger partial charge is 0.413 e. The third-order valence-electron chi connectivity index (χ3n) is 5.77. The summed E-state index contributed by atoms with van der Waals surface area (Å²) in [5.74, 6) is -0.501. The molecular weight excluding hydrogens is 457 g/mol. The summed E-state index contributed by atoms with van der Waals surface area (Å²) in [4.78, 5) is 16.9. The summed E-state index contributed by atoms with van der Waals surface area (Å²) in [6.45, 7) is 0.576. The third-order valence-corrected chi connectivity index (χ3v) is 7.69. The van der Waals surface area contributed by atoms with E-state index in [0.29, 0.717) is 0 Å². The number of benzene rings is 1. The topological polar surface area (TPSA) is 84.3 Å². The van der Waals surface area contributed by atoms with Crippen LogP contribution in [0.4, 0.5) is 13.2 Å². The van der Waals surface area contributed by atoms with Crippen LogP contribution in [0.2, 0.25) is 0 Å². The predicted molar refractivity (Wildman–Crippen MR) is 116 cm³/mol. The van der Waals surface area contributed by atoms with Crippen LogP contribution in [0.1, 0.15) is 21.7 Å². The minimum atomic E-state index is -4.59. The lowest BCUT2D eigenvalue weighted by molar-refractivity contribution is -0.0926. The molecule has 33 heavy (non-hydrogen) atoms. The van der Waals surface area contributed by atoms with Gasteiger partial charge in [-0.05, 0) is 30.7 Å². The minimum absolute atomic E-state index is 0.0904. The van der Waals surface area contributed by atoms with E-state index in [1.165, 1.54) is 24.6 Å². The van der Waals surface area contributed by atoms with Crippen molar-refractivity contribution in [1.29, 1.82) is 0 Å². The maximum Gasteiger partial charge on any atom is 0.413 e. The van der Waals surface area contributed by atoms with Gasteiger partial charge in [-0.1, -0.05) is 24.3 Å². The number of hydrogen-bond acceptors (Lipinski definition) is 4. The van der Waals surface area contributed by atoms with Gasteiger partial charge in [-0.15, -0.1) is 0 Å². The number of hydrogen-bond donors (Lipinski definition) is 1. The number of nitrogens with zero attached hydrogens (tertiary/aromatic N) is 3. The normalized spacial score (nSPS) is 15.1. The molecule has 0 fully saturated rings. The second kappa shape index (κ2) is 8.31. The highest BCUT2D eigenvalue weighted by atomic mass is 32.2. The maximum atomic E-state index is 13.0. The Labute approximate surface area is 188 Å². The minimum Gasteiger partial charge on any atom is -0.347 e. The Morgan fingerprint density at radius 3 is 2.67 bits per heavy atom. The molecule has 1 aromatic carbocycles. The molecule has 0 unspecified atom stereocenters. The van der Waals surface area contributed by atoms with Crippen molar-refractivity contribution in [2.45, 2.75) is 24.5 Å². The Hall–Kier alpha value is -3.18. The Kier molecular flexibility index (Phi) is 5.79. The molecule has 0 saturated heterocycles. The zero-order chi connectivity index (χ0) is 24.0. The van der Waals surface area contributed by atoms with Gasteiger partial charge in [0.15, 0.2) is 0 Å². The first kappa shape index (κ1) is 23.0. The van der Waals surface area contributed by atoms with Crippen molar-refractivity contribution in [3.63, 3.8) is 0 Å². The van der Waals surface area contributed by atoms with Gasteiger partial charge in [0.25, 0.3) is 5.91 Å². The summed E-state index contributed by atoms with van der Waals surface area (Å²) in [5.41, 5.74) is 1.07. The van der Waals surface area contributed by atoms with Crippen molar-refractivity contribution < 1.29 is 26.4 Å². The van der Waals surface area contributed by atoms with E-state index in [0.717, 1.165) is 26.8 Å². The molecule has 1 amide bonds. The van der Waals surface area contributed by atoms with Gasteiger partial charge in [0.2, 0.25) is 10.0 Å². The van der Waals surface area contributed by atoms with E-state index in [2.05, 4.69) is 10.3 Å². The highest BCUT2D eigenvalue weighted by molar-refractivity contribution is 7.89. The van der Waals surface area contributed by atoms with E-state index in [1.807, 2.05) is 24.3 Å². The molecule has 4 rings (SSSR count). The summed E-state index contributed by atoms with van der Waals surface area (Å²) in [6.07, 6.45) is -2.05. The van der Waals surface area contributed by atoms with Gasteiger partial charge in [-0.25, -0.2) is 8.42 Å². The first-order chi connectivity index (χ1) is 15.5. The van der Waals surface area contributed by atoms with Crippen molar-refractivity contribution in [2.24, 2.45) is 7.05 Å². The van der Waals surface area contributed by atoms with Gasteiger partial charge < -0.3 is 9.88 Å². The molecular formula is C22H21F3N4O3S. The molecule has 0 bridgehead atoms. The quantitative estimate of drug-likeness (QED) is 0.571. The van der Waals surface area contributed by atoms with Gasteiger partial charge in [0.1, 0.15) is 10.6 Å². The lowest BCUT2D eigenvalue weighted by atomic mass is 10.1. The van der Waals surface area contributed by atoms with Crippen LogP contribution in [0.15, 0.2) is 59.1 Å². The number of aromatic nitrogens is 2. The van der Waals surface area contributed by atoms with Crippen molar-refractivity contribution in [1.82, 2.24) is 19.2 Å². The Bertz CT molecular complexity index is 1370. The molecule has 3 heterocycles. The Morgan fingerprint density at radius 1 is 1.21 bits per heavy atom. The van der Waals surface area contributed by atoms with Gasteiger partial charge in [-0.2, -0.15) is 17.5 Å². The van der Waals surface area contributed by atoms with E-state index in [-0.39, 0.29) is 29.4 Å². The molecule has 0 saturated carbocycles. The maximum absolute atomic E-state index is 13.0. The lowest BCUT2D eigenvalue weighted by Crippen LogP contribution is -2.31. The first-order valence-electron chi connectivity index (χ1n) is 10.0. The van der Waals surface area contributed by atoms with Crippen LogP contribution in [0, 0.1) is 6.92 Å². The molecule has 0 atom stereocenters. The molecule has 1 N–H and O–H groups in total. The molecule has 11 heteroatoms. The summed E-state index contributed by atoms with van der Waals surface area (Å²) >= 11 is 0. The van der Waals surface area contributed by atoms with Crippen LogP contribution < -0.4 is 5.32 Å². The van der Waals surface area contributed by atoms with Crippen LogP contribution in [0.5, 0.6) is 0 Å². The fourth-order valence-electron chi connectivity index (χ4n) is 3.80. The number of sulfonamides is 1. The van der Waals surface area contributed by atoms with E-state index in [1.54, 1.807) is 12.3 Å². The Morgan fingerprint density at radius 2 is 1.97 bits per heavy atom. The molecule has 0 aliphatic carbocycles. The fourth-order valence-corrected chi connectivity index (χ4v) is 5.43. The SMILES string of the molecule is Cc1c(S(=O)(=O)N2CC=C(C(F)(F)F)C2)cc(C(=O)NCc2cccc3ncccc23)n1C. The number of rotatable bonds is 5. The van der Waals surface area contributed by atoms with Crippen LogP contribution in [0.25, 0.3) is 10.9 Å². The number of halogens is 3. The van der Waals surface area contributed by atoms with E-state index < -0.39 is 34.2 Å². The van der Waals surface area contributed by atoms with Gasteiger partial charge in [0, 0.05) is 49.5 Å². The summed E-state index contributed by atoms with van der Waals surface area (Å²) in [7, 11) is -2.69. The van der Waals surface area contributed by atoms with Crippen molar-refractivity contribution >= 4 is 26.8 Å². The molecule has 174 valence electrons. The predicted octanol–water partition coefficient (Wildman–Crippen LogP) is 3.30. The average molecular weight is 478 g/mol. The zero-order valence-corrected chi connectivity index (χ0v) is 18.7. The second-order valence-corrected chi connectivity index (χ2v) is 9.64. The van der Waals surface area contributed by atoms with Gasteiger partial charge >= 0.3 is 6.18 Å². The summed E-state index contributed by atoms with van der Waals surface area (Å²) in [5, 5.41) is 3.66. The fraction of sp³-hybridized carbons (Fsp3) is 0.273. The van der Waals surface area contributed by atoms with Crippen LogP contribution in [-0.4, -0.2) is 47.4 Å². The van der Waals surface area contributed by atoms with Gasteiger partial charge in [0.05, 0.1) is 5.52 Å². The Balaban J connectivity index is 1.55. The van der Waals surface area contributed by atoms with Crippen molar-refractivity contribution in [3.05, 3.63) is 71.2 Å². The van der Waals surface area contributed by atoms with Crippen molar-refractivity contribution in [2.75, 3.05) is 13.1 Å². The smallest absolute Gasteiger partial charge is 0.347 e. The number of alkyl halides is 3. The van der Waals surface area contributed by atoms with E-state index in [4.69, 9.17) is 0 Å².